The lowest BCUT2D eigenvalue weighted by Crippen LogP contribution is -2.27. The van der Waals surface area contributed by atoms with Crippen molar-refractivity contribution in [3.05, 3.63) is 35.9 Å². The highest BCUT2D eigenvalue weighted by atomic mass is 16.9. The highest BCUT2D eigenvalue weighted by molar-refractivity contribution is 5.92. The summed E-state index contributed by atoms with van der Waals surface area (Å²) in [7, 11) is 0. The number of carbonyl (C=O) groups excluding carboxylic acids is 1. The second-order valence-electron chi connectivity index (χ2n) is 2.36. The van der Waals surface area contributed by atoms with Crippen molar-refractivity contribution in [1.82, 2.24) is 5.23 Å². The van der Waals surface area contributed by atoms with Gasteiger partial charge in [-0.25, -0.2) is 4.84 Å². The molecule has 4 nitrogen and oxygen atoms in total. The number of carbonyl (C=O) groups is 1. The Bertz CT molecular complexity index is 273. The maximum Gasteiger partial charge on any atom is 0.303 e. The molecule has 0 heterocycles. The first kappa shape index (κ1) is 9.70. The topological polar surface area (TPSA) is 49.8 Å². The standard InChI is InChI=1S/C9H11NO3/c1-2-13-10(12)9(11)8-6-4-3-5-7-8/h3-7,12H,2H2,1H3. The molecule has 0 aliphatic carbocycles. The van der Waals surface area contributed by atoms with Crippen molar-refractivity contribution in [1.29, 1.82) is 0 Å². The summed E-state index contributed by atoms with van der Waals surface area (Å²) in [4.78, 5) is 15.9. The van der Waals surface area contributed by atoms with E-state index in [-0.39, 0.29) is 11.8 Å². The van der Waals surface area contributed by atoms with Crippen molar-refractivity contribution < 1.29 is 14.8 Å². The van der Waals surface area contributed by atoms with E-state index in [0.29, 0.717) is 5.56 Å². The van der Waals surface area contributed by atoms with E-state index in [1.54, 1.807) is 37.3 Å². The van der Waals surface area contributed by atoms with E-state index in [9.17, 15) is 4.79 Å². The van der Waals surface area contributed by atoms with Gasteiger partial charge in [0.25, 0.3) is 0 Å². The zero-order valence-corrected chi connectivity index (χ0v) is 7.30. The molecule has 0 saturated heterocycles. The fourth-order valence-electron chi connectivity index (χ4n) is 0.872. The lowest BCUT2D eigenvalue weighted by molar-refractivity contribution is -0.294. The van der Waals surface area contributed by atoms with Gasteiger partial charge in [-0.2, -0.15) is 0 Å². The third-order valence-electron chi connectivity index (χ3n) is 1.45. The highest BCUT2D eigenvalue weighted by Gasteiger charge is 2.12. The van der Waals surface area contributed by atoms with Crippen LogP contribution < -0.4 is 0 Å². The summed E-state index contributed by atoms with van der Waals surface area (Å²) >= 11 is 0. The van der Waals surface area contributed by atoms with Gasteiger partial charge in [0.2, 0.25) is 0 Å². The van der Waals surface area contributed by atoms with Gasteiger partial charge in [0.15, 0.2) is 0 Å². The first-order valence-electron chi connectivity index (χ1n) is 3.97. The lowest BCUT2D eigenvalue weighted by Gasteiger charge is -2.12. The summed E-state index contributed by atoms with van der Waals surface area (Å²) in [5.74, 6) is -0.567. The summed E-state index contributed by atoms with van der Waals surface area (Å²) in [5, 5.41) is 9.28. The maximum atomic E-state index is 11.3. The van der Waals surface area contributed by atoms with Gasteiger partial charge >= 0.3 is 5.91 Å². The van der Waals surface area contributed by atoms with Gasteiger partial charge in [0, 0.05) is 5.56 Å². The molecule has 1 aromatic carbocycles. The van der Waals surface area contributed by atoms with E-state index in [2.05, 4.69) is 4.84 Å². The number of nitrogens with zero attached hydrogens (tertiary/aromatic N) is 1. The van der Waals surface area contributed by atoms with Crippen LogP contribution >= 0.6 is 0 Å². The zero-order chi connectivity index (χ0) is 9.68. The van der Waals surface area contributed by atoms with Crippen LogP contribution in [0.15, 0.2) is 30.3 Å². The summed E-state index contributed by atoms with van der Waals surface area (Å²) in [6.45, 7) is 1.93. The Labute approximate surface area is 76.3 Å². The van der Waals surface area contributed by atoms with E-state index in [1.807, 2.05) is 0 Å². The minimum atomic E-state index is -0.567. The Hall–Kier alpha value is -1.39. The van der Waals surface area contributed by atoms with Crippen molar-refractivity contribution >= 4 is 5.91 Å². The van der Waals surface area contributed by atoms with Crippen LogP contribution in [0.2, 0.25) is 0 Å². The highest BCUT2D eigenvalue weighted by Crippen LogP contribution is 2.02. The second-order valence-corrected chi connectivity index (χ2v) is 2.36. The lowest BCUT2D eigenvalue weighted by atomic mass is 10.2. The first-order valence-corrected chi connectivity index (χ1v) is 3.97. The molecule has 1 aromatic rings. The average Bonchev–Trinajstić information content (AvgIpc) is 2.18. The van der Waals surface area contributed by atoms with E-state index in [1.165, 1.54) is 0 Å². The fraction of sp³-hybridized carbons (Fsp3) is 0.222. The van der Waals surface area contributed by atoms with E-state index in [0.717, 1.165) is 0 Å². The maximum absolute atomic E-state index is 11.3. The molecule has 13 heavy (non-hydrogen) atoms. The molecule has 0 fully saturated rings. The predicted molar refractivity (Wildman–Crippen MR) is 46.0 cm³/mol. The van der Waals surface area contributed by atoms with Crippen LogP contribution in [0.3, 0.4) is 0 Å². The summed E-state index contributed by atoms with van der Waals surface area (Å²) in [6.07, 6.45) is 0. The monoisotopic (exact) mass is 181 g/mol. The quantitative estimate of drug-likeness (QED) is 0.567. The van der Waals surface area contributed by atoms with Crippen LogP contribution in [-0.4, -0.2) is 22.9 Å². The van der Waals surface area contributed by atoms with Crippen molar-refractivity contribution in [3.8, 4) is 0 Å². The SMILES string of the molecule is CCON(O)C(=O)c1ccccc1. The van der Waals surface area contributed by atoms with Crippen LogP contribution in [0.25, 0.3) is 0 Å². The number of rotatable bonds is 3. The molecule has 0 spiro atoms. The fourth-order valence-corrected chi connectivity index (χ4v) is 0.872. The Kier molecular flexibility index (Phi) is 3.42. The van der Waals surface area contributed by atoms with Gasteiger partial charge in [-0.3, -0.25) is 10.0 Å². The molecule has 1 amide bonds. The van der Waals surface area contributed by atoms with Gasteiger partial charge in [-0.1, -0.05) is 23.4 Å². The Morgan fingerprint density at radius 3 is 2.62 bits per heavy atom. The predicted octanol–water partition coefficient (Wildman–Crippen LogP) is 1.47. The third-order valence-corrected chi connectivity index (χ3v) is 1.45. The molecule has 0 aliphatic heterocycles. The molecule has 1 N–H and O–H groups in total. The first-order chi connectivity index (χ1) is 6.25. The van der Waals surface area contributed by atoms with Crippen molar-refractivity contribution in [2.45, 2.75) is 6.92 Å². The zero-order valence-electron chi connectivity index (χ0n) is 7.30. The van der Waals surface area contributed by atoms with Crippen LogP contribution in [-0.2, 0) is 4.84 Å². The van der Waals surface area contributed by atoms with E-state index >= 15 is 0 Å². The molecule has 0 aromatic heterocycles. The molecule has 0 bridgehead atoms. The minimum Gasteiger partial charge on any atom is -0.264 e. The van der Waals surface area contributed by atoms with E-state index < -0.39 is 5.91 Å². The number of benzene rings is 1. The third kappa shape index (κ3) is 2.54. The summed E-state index contributed by atoms with van der Waals surface area (Å²) in [5.41, 5.74) is 0.387. The molecular formula is C9H11NO3. The molecule has 70 valence electrons. The Balaban J connectivity index is 2.68. The molecule has 0 aliphatic rings. The molecule has 0 atom stereocenters. The molecular weight excluding hydrogens is 170 g/mol. The van der Waals surface area contributed by atoms with Crippen LogP contribution in [0.5, 0.6) is 0 Å². The van der Waals surface area contributed by atoms with Crippen molar-refractivity contribution in [2.75, 3.05) is 6.61 Å². The van der Waals surface area contributed by atoms with E-state index in [4.69, 9.17) is 5.21 Å². The van der Waals surface area contributed by atoms with Gasteiger partial charge in [0.1, 0.15) is 0 Å². The number of hydrogen-bond donors (Lipinski definition) is 1. The molecule has 4 heteroatoms. The molecule has 0 unspecified atom stereocenters. The number of amides is 1. The smallest absolute Gasteiger partial charge is 0.264 e. The van der Waals surface area contributed by atoms with Gasteiger partial charge < -0.3 is 0 Å². The normalized spacial score (nSPS) is 9.69. The van der Waals surface area contributed by atoms with Crippen LogP contribution in [0, 0.1) is 0 Å². The summed E-state index contributed by atoms with van der Waals surface area (Å²) in [6, 6.07) is 8.42. The average molecular weight is 181 g/mol. The molecule has 0 saturated carbocycles. The molecule has 1 rings (SSSR count). The molecule has 0 radical (unpaired) electrons. The van der Waals surface area contributed by atoms with Gasteiger partial charge in [-0.05, 0) is 19.1 Å². The minimum absolute atomic E-state index is 0.245. The second kappa shape index (κ2) is 4.59. The largest absolute Gasteiger partial charge is 0.303 e. The summed E-state index contributed by atoms with van der Waals surface area (Å²) < 4.78 is 0. The van der Waals surface area contributed by atoms with Crippen molar-refractivity contribution in [2.24, 2.45) is 0 Å². The Morgan fingerprint density at radius 2 is 2.08 bits per heavy atom. The van der Waals surface area contributed by atoms with Gasteiger partial charge in [-0.15, -0.1) is 0 Å². The number of hydrogen-bond acceptors (Lipinski definition) is 3. The van der Waals surface area contributed by atoms with Gasteiger partial charge in [0.05, 0.1) is 6.61 Å². The van der Waals surface area contributed by atoms with Crippen LogP contribution in [0.1, 0.15) is 17.3 Å². The number of hydroxylamine groups is 2. The Morgan fingerprint density at radius 1 is 1.46 bits per heavy atom. The van der Waals surface area contributed by atoms with Crippen LogP contribution in [0.4, 0.5) is 0 Å². The van der Waals surface area contributed by atoms with Crippen molar-refractivity contribution in [3.63, 3.8) is 0 Å².